The van der Waals surface area contributed by atoms with Gasteiger partial charge in [0.15, 0.2) is 0 Å². The Morgan fingerprint density at radius 1 is 1.64 bits per heavy atom. The van der Waals surface area contributed by atoms with Gasteiger partial charge >= 0.3 is 0 Å². The van der Waals surface area contributed by atoms with Crippen LogP contribution in [0.2, 0.25) is 0 Å². The van der Waals surface area contributed by atoms with Crippen molar-refractivity contribution in [2.45, 2.75) is 5.16 Å². The van der Waals surface area contributed by atoms with Gasteiger partial charge in [0.2, 0.25) is 10.9 Å². The van der Waals surface area contributed by atoms with E-state index < -0.39 is 10.8 Å². The fraction of sp³-hybridized carbons (Fsp3) is 0.167. The Morgan fingerprint density at radius 2 is 2.36 bits per heavy atom. The number of anilines is 1. The molecule has 2 aromatic heterocycles. The highest BCUT2D eigenvalue weighted by molar-refractivity contribution is 7.84. The van der Waals surface area contributed by atoms with Crippen LogP contribution in [0.5, 0.6) is 0 Å². The standard InChI is InChI=1S/C6H7N5O2S/c1-14(13)6-9-5-8-4(12)2-3(7)11(5)10-6/h2H,7H2,1H3,(H,8,9,10,12)/t14-/m1/s1. The second kappa shape index (κ2) is 2.91. The molecule has 0 spiro atoms. The highest BCUT2D eigenvalue weighted by atomic mass is 32.2. The lowest BCUT2D eigenvalue weighted by Crippen LogP contribution is -2.11. The first kappa shape index (κ1) is 8.88. The summed E-state index contributed by atoms with van der Waals surface area (Å²) in [7, 11) is -1.30. The van der Waals surface area contributed by atoms with Gasteiger partial charge in [0.25, 0.3) is 5.56 Å². The van der Waals surface area contributed by atoms with Crippen LogP contribution in [0.3, 0.4) is 0 Å². The number of aromatic nitrogens is 4. The van der Waals surface area contributed by atoms with Crippen molar-refractivity contribution in [2.75, 3.05) is 12.0 Å². The molecule has 0 aliphatic rings. The van der Waals surface area contributed by atoms with E-state index in [9.17, 15) is 9.00 Å². The zero-order valence-corrected chi connectivity index (χ0v) is 8.04. The molecule has 0 aliphatic heterocycles. The van der Waals surface area contributed by atoms with Crippen LogP contribution in [0.4, 0.5) is 5.82 Å². The van der Waals surface area contributed by atoms with E-state index in [4.69, 9.17) is 5.73 Å². The lowest BCUT2D eigenvalue weighted by Gasteiger charge is -1.93. The third-order valence-corrected chi connectivity index (χ3v) is 2.29. The van der Waals surface area contributed by atoms with Crippen molar-refractivity contribution in [3.8, 4) is 0 Å². The van der Waals surface area contributed by atoms with Crippen molar-refractivity contribution in [1.29, 1.82) is 0 Å². The molecular weight excluding hydrogens is 206 g/mol. The SMILES string of the molecule is C[S@@](=O)c1nc2[nH]c(=O)cc(N)n2n1. The molecule has 1 atom stereocenters. The van der Waals surface area contributed by atoms with Crippen LogP contribution in [-0.2, 0) is 10.8 Å². The summed E-state index contributed by atoms with van der Waals surface area (Å²) in [6.07, 6.45) is 1.45. The Kier molecular flexibility index (Phi) is 1.84. The number of hydrogen-bond donors (Lipinski definition) is 2. The summed E-state index contributed by atoms with van der Waals surface area (Å²) < 4.78 is 12.3. The summed E-state index contributed by atoms with van der Waals surface area (Å²) in [4.78, 5) is 17.3. The van der Waals surface area contributed by atoms with Crippen LogP contribution in [0.1, 0.15) is 0 Å². The zero-order valence-electron chi connectivity index (χ0n) is 7.22. The second-order valence-corrected chi connectivity index (χ2v) is 3.92. The lowest BCUT2D eigenvalue weighted by molar-refractivity contribution is 0.679. The molecule has 0 aliphatic carbocycles. The number of aromatic amines is 1. The van der Waals surface area contributed by atoms with Gasteiger partial charge < -0.3 is 5.73 Å². The van der Waals surface area contributed by atoms with E-state index in [2.05, 4.69) is 15.1 Å². The topological polar surface area (TPSA) is 106 Å². The predicted octanol–water partition coefficient (Wildman–Crippen LogP) is -1.26. The molecule has 0 fully saturated rings. The van der Waals surface area contributed by atoms with Gasteiger partial charge in [-0.15, -0.1) is 5.10 Å². The molecule has 2 rings (SSSR count). The molecular formula is C6H7N5O2S. The molecule has 0 radical (unpaired) electrons. The number of nitrogens with one attached hydrogen (secondary N) is 1. The Labute approximate surface area is 80.4 Å². The van der Waals surface area contributed by atoms with Crippen LogP contribution in [-0.4, -0.2) is 30.0 Å². The summed E-state index contributed by atoms with van der Waals surface area (Å²) in [6.45, 7) is 0. The van der Waals surface area contributed by atoms with Crippen LogP contribution < -0.4 is 11.3 Å². The second-order valence-electron chi connectivity index (χ2n) is 2.64. The Balaban J connectivity index is 2.83. The van der Waals surface area contributed by atoms with Crippen molar-refractivity contribution in [1.82, 2.24) is 19.6 Å². The summed E-state index contributed by atoms with van der Waals surface area (Å²) in [5.74, 6) is 0.355. The first-order valence-corrected chi connectivity index (χ1v) is 5.23. The first-order valence-electron chi connectivity index (χ1n) is 3.67. The van der Waals surface area contributed by atoms with Gasteiger partial charge in [0, 0.05) is 12.3 Å². The van der Waals surface area contributed by atoms with E-state index in [1.807, 2.05) is 0 Å². The maximum Gasteiger partial charge on any atom is 0.254 e. The summed E-state index contributed by atoms with van der Waals surface area (Å²) in [5.41, 5.74) is 5.15. The predicted molar refractivity (Wildman–Crippen MR) is 50.4 cm³/mol. The van der Waals surface area contributed by atoms with Gasteiger partial charge in [0.05, 0.1) is 10.8 Å². The number of fused-ring (bicyclic) bond motifs is 1. The first-order chi connectivity index (χ1) is 6.58. The minimum absolute atomic E-state index is 0.138. The van der Waals surface area contributed by atoms with Crippen LogP contribution in [0.15, 0.2) is 16.0 Å². The molecule has 14 heavy (non-hydrogen) atoms. The minimum Gasteiger partial charge on any atom is -0.383 e. The average Bonchev–Trinajstić information content (AvgIpc) is 2.47. The van der Waals surface area contributed by atoms with Gasteiger partial charge in [-0.1, -0.05) is 0 Å². The van der Waals surface area contributed by atoms with Gasteiger partial charge in [-0.25, -0.2) is 0 Å². The molecule has 0 amide bonds. The highest BCUT2D eigenvalue weighted by Crippen LogP contribution is 2.03. The molecule has 0 unspecified atom stereocenters. The molecule has 0 saturated carbocycles. The van der Waals surface area contributed by atoms with Crippen LogP contribution in [0.25, 0.3) is 5.78 Å². The molecule has 7 nitrogen and oxygen atoms in total. The number of H-pyrrole nitrogens is 1. The van der Waals surface area contributed by atoms with E-state index in [0.29, 0.717) is 0 Å². The fourth-order valence-corrected chi connectivity index (χ4v) is 1.43. The number of nitrogens with zero attached hydrogens (tertiary/aromatic N) is 3. The van der Waals surface area contributed by atoms with Crippen molar-refractivity contribution in [3.63, 3.8) is 0 Å². The maximum absolute atomic E-state index is 11.1. The van der Waals surface area contributed by atoms with Crippen molar-refractivity contribution >= 4 is 22.4 Å². The number of nitrogens with two attached hydrogens (primary N) is 1. The Hall–Kier alpha value is -1.70. The molecule has 2 aromatic rings. The largest absolute Gasteiger partial charge is 0.383 e. The summed E-state index contributed by atoms with van der Waals surface area (Å²) in [6, 6.07) is 1.18. The Bertz CT molecular complexity index is 571. The van der Waals surface area contributed by atoms with Gasteiger partial charge in [0.1, 0.15) is 5.82 Å². The number of nitrogen functional groups attached to an aromatic ring is 1. The smallest absolute Gasteiger partial charge is 0.254 e. The summed E-state index contributed by atoms with van der Waals surface area (Å²) >= 11 is 0. The van der Waals surface area contributed by atoms with E-state index in [1.165, 1.54) is 16.8 Å². The van der Waals surface area contributed by atoms with E-state index in [1.54, 1.807) is 0 Å². The molecule has 0 saturated heterocycles. The maximum atomic E-state index is 11.1. The quantitative estimate of drug-likeness (QED) is 0.614. The molecule has 8 heteroatoms. The molecule has 0 bridgehead atoms. The van der Waals surface area contributed by atoms with Crippen molar-refractivity contribution < 1.29 is 4.21 Å². The van der Waals surface area contributed by atoms with Crippen LogP contribution in [0, 0.1) is 0 Å². The van der Waals surface area contributed by atoms with E-state index >= 15 is 0 Å². The van der Waals surface area contributed by atoms with Crippen molar-refractivity contribution in [3.05, 3.63) is 16.4 Å². The summed E-state index contributed by atoms with van der Waals surface area (Å²) in [5, 5.41) is 4.00. The normalized spacial score (nSPS) is 13.2. The lowest BCUT2D eigenvalue weighted by atomic mass is 10.6. The minimum atomic E-state index is -1.30. The monoisotopic (exact) mass is 213 g/mol. The average molecular weight is 213 g/mol. The molecule has 74 valence electrons. The van der Waals surface area contributed by atoms with E-state index in [-0.39, 0.29) is 22.3 Å². The molecule has 2 heterocycles. The van der Waals surface area contributed by atoms with Gasteiger partial charge in [-0.3, -0.25) is 14.0 Å². The molecule has 3 N–H and O–H groups in total. The van der Waals surface area contributed by atoms with Gasteiger partial charge in [-0.2, -0.15) is 9.50 Å². The third-order valence-electron chi connectivity index (χ3n) is 1.60. The van der Waals surface area contributed by atoms with Crippen molar-refractivity contribution in [2.24, 2.45) is 0 Å². The van der Waals surface area contributed by atoms with E-state index in [0.717, 1.165) is 0 Å². The highest BCUT2D eigenvalue weighted by Gasteiger charge is 2.09. The number of rotatable bonds is 1. The van der Waals surface area contributed by atoms with Gasteiger partial charge in [-0.05, 0) is 0 Å². The molecule has 0 aromatic carbocycles. The fourth-order valence-electron chi connectivity index (χ4n) is 1.02. The Morgan fingerprint density at radius 3 is 3.00 bits per heavy atom. The zero-order chi connectivity index (χ0) is 10.3. The third kappa shape index (κ3) is 1.29. The van der Waals surface area contributed by atoms with Crippen LogP contribution >= 0.6 is 0 Å². The number of hydrogen-bond acceptors (Lipinski definition) is 5.